The van der Waals surface area contributed by atoms with Crippen LogP contribution >= 0.6 is 23.5 Å². The number of carbonyl (C=O) groups is 2. The first-order valence-electron chi connectivity index (χ1n) is 17.5. The summed E-state index contributed by atoms with van der Waals surface area (Å²) in [7, 11) is 5.83. The van der Waals surface area contributed by atoms with E-state index in [1.807, 2.05) is 38.0 Å². The van der Waals surface area contributed by atoms with Crippen LogP contribution in [-0.4, -0.2) is 130 Å². The van der Waals surface area contributed by atoms with E-state index in [9.17, 15) is 22.8 Å². The van der Waals surface area contributed by atoms with Gasteiger partial charge >= 0.3 is 18.4 Å². The highest BCUT2D eigenvalue weighted by Crippen LogP contribution is 2.31. The van der Waals surface area contributed by atoms with Crippen molar-refractivity contribution < 1.29 is 32.6 Å². The van der Waals surface area contributed by atoms with Gasteiger partial charge in [-0.15, -0.1) is 10.2 Å². The Bertz CT molecular complexity index is 1780. The molecule has 0 atom stereocenters. The summed E-state index contributed by atoms with van der Waals surface area (Å²) in [5, 5.41) is 34.1. The van der Waals surface area contributed by atoms with Crippen LogP contribution in [-0.2, 0) is 26.2 Å². The minimum atomic E-state index is -4.34. The van der Waals surface area contributed by atoms with Crippen LogP contribution in [0.2, 0.25) is 0 Å². The molecule has 2 amide bonds. The number of hydrogen-bond donors (Lipinski definition) is 1. The highest BCUT2D eigenvalue weighted by molar-refractivity contribution is 7.99. The largest absolute Gasteiger partial charge is 0.465 e. The maximum atomic E-state index is 12.7. The zero-order valence-electron chi connectivity index (χ0n) is 30.3. The van der Waals surface area contributed by atoms with Gasteiger partial charge in [-0.1, -0.05) is 47.8 Å². The molecule has 6 rings (SSSR count). The van der Waals surface area contributed by atoms with E-state index in [0.29, 0.717) is 49.5 Å². The molecule has 2 aliphatic heterocycles. The number of rotatable bonds is 11. The average Bonchev–Trinajstić information content (AvgIpc) is 3.78. The molecule has 0 saturated carbocycles. The first kappa shape index (κ1) is 40.7. The van der Waals surface area contributed by atoms with Crippen molar-refractivity contribution in [2.45, 2.75) is 60.4 Å². The standard InChI is InChI=1S/C23H24F3N5O2S.C11H20N6O2S/c1-30-21(27-28-29-30)34-15-18-10-12-31(13-11-18)22(32)33-20-8-4-17(5-9-20)14-16-2-6-19(7-3-16)23(24,25)26;1-15(2)7-8-17-10(12-13-14-17)20-9-3-5-16(6-4-9)11(18)19/h2-9,18H,10-15H2,1H3;9H,3-8H2,1-2H3,(H,18,19). The van der Waals surface area contributed by atoms with Crippen LogP contribution in [0, 0.1) is 5.92 Å². The predicted molar refractivity (Wildman–Crippen MR) is 195 cm³/mol. The van der Waals surface area contributed by atoms with Crippen LogP contribution in [0.15, 0.2) is 58.8 Å². The summed E-state index contributed by atoms with van der Waals surface area (Å²) in [6, 6.07) is 12.1. The molecule has 4 aromatic rings. The summed E-state index contributed by atoms with van der Waals surface area (Å²) < 4.78 is 47.1. The summed E-state index contributed by atoms with van der Waals surface area (Å²) in [6.07, 6.45) is -1.59. The Morgan fingerprint density at radius 3 is 2.04 bits per heavy atom. The van der Waals surface area contributed by atoms with E-state index in [2.05, 4.69) is 36.0 Å². The van der Waals surface area contributed by atoms with Crippen molar-refractivity contribution in [3.05, 3.63) is 65.2 Å². The van der Waals surface area contributed by atoms with Crippen molar-refractivity contribution in [1.82, 2.24) is 55.1 Å². The molecule has 1 N–H and O–H groups in total. The molecular formula is C34H44F3N11O4S2. The normalized spacial score (nSPS) is 15.6. The van der Waals surface area contributed by atoms with Crippen LogP contribution in [0.5, 0.6) is 5.75 Å². The summed E-state index contributed by atoms with van der Waals surface area (Å²) in [4.78, 5) is 28.6. The third kappa shape index (κ3) is 12.3. The first-order valence-corrected chi connectivity index (χ1v) is 19.3. The molecule has 2 saturated heterocycles. The number of ether oxygens (including phenoxy) is 1. The van der Waals surface area contributed by atoms with Crippen LogP contribution < -0.4 is 4.74 Å². The predicted octanol–water partition coefficient (Wildman–Crippen LogP) is 5.29. The van der Waals surface area contributed by atoms with Gasteiger partial charge in [0.15, 0.2) is 0 Å². The minimum absolute atomic E-state index is 0.376. The molecule has 20 heteroatoms. The third-order valence-electron chi connectivity index (χ3n) is 8.96. The Labute approximate surface area is 319 Å². The summed E-state index contributed by atoms with van der Waals surface area (Å²) in [6.45, 7) is 4.09. The van der Waals surface area contributed by atoms with E-state index in [0.717, 1.165) is 78.1 Å². The monoisotopic (exact) mass is 791 g/mol. The fourth-order valence-electron chi connectivity index (χ4n) is 5.74. The van der Waals surface area contributed by atoms with E-state index < -0.39 is 17.8 Å². The number of halogens is 3. The van der Waals surface area contributed by atoms with Crippen LogP contribution in [0.3, 0.4) is 0 Å². The lowest BCUT2D eigenvalue weighted by Gasteiger charge is -2.30. The summed E-state index contributed by atoms with van der Waals surface area (Å²) in [5.74, 6) is 1.82. The Balaban J connectivity index is 0.000000239. The Hall–Kier alpha value is -4.43. The lowest BCUT2D eigenvalue weighted by molar-refractivity contribution is -0.137. The van der Waals surface area contributed by atoms with Crippen molar-refractivity contribution in [3.8, 4) is 5.75 Å². The second kappa shape index (κ2) is 19.2. The molecule has 0 bridgehead atoms. The number of thioether (sulfide) groups is 2. The molecule has 54 heavy (non-hydrogen) atoms. The number of aryl methyl sites for hydroxylation is 1. The molecule has 0 radical (unpaired) electrons. The van der Waals surface area contributed by atoms with Crippen molar-refractivity contribution in [1.29, 1.82) is 0 Å². The number of carbonyl (C=O) groups excluding carboxylic acids is 1. The summed E-state index contributed by atoms with van der Waals surface area (Å²) in [5.41, 5.74) is 1.02. The number of tetrazole rings is 2. The van der Waals surface area contributed by atoms with Gasteiger partial charge in [0.25, 0.3) is 0 Å². The number of amides is 2. The number of aromatic nitrogens is 8. The van der Waals surface area contributed by atoms with Crippen molar-refractivity contribution in [3.63, 3.8) is 0 Å². The zero-order valence-corrected chi connectivity index (χ0v) is 31.9. The van der Waals surface area contributed by atoms with Gasteiger partial charge in [-0.3, -0.25) is 0 Å². The van der Waals surface area contributed by atoms with Gasteiger partial charge in [-0.25, -0.2) is 19.0 Å². The number of hydrogen-bond acceptors (Lipinski definition) is 12. The summed E-state index contributed by atoms with van der Waals surface area (Å²) >= 11 is 3.27. The number of likely N-dealkylation sites (tertiary alicyclic amines) is 2. The van der Waals surface area contributed by atoms with E-state index >= 15 is 0 Å². The smallest absolute Gasteiger partial charge is 0.416 e. The number of piperidine rings is 2. The van der Waals surface area contributed by atoms with Crippen molar-refractivity contribution in [2.24, 2.45) is 13.0 Å². The third-order valence-corrected chi connectivity index (χ3v) is 11.5. The van der Waals surface area contributed by atoms with Gasteiger partial charge in [0.1, 0.15) is 5.75 Å². The molecule has 4 heterocycles. The molecule has 2 aliphatic rings. The van der Waals surface area contributed by atoms with Crippen LogP contribution in [0.25, 0.3) is 0 Å². The van der Waals surface area contributed by atoms with Gasteiger partial charge in [0.05, 0.1) is 12.1 Å². The molecule has 2 aromatic carbocycles. The number of likely N-dealkylation sites (N-methyl/N-ethyl adjacent to an activating group) is 1. The van der Waals surface area contributed by atoms with E-state index in [1.54, 1.807) is 45.2 Å². The lowest BCUT2D eigenvalue weighted by Crippen LogP contribution is -2.40. The van der Waals surface area contributed by atoms with E-state index in [1.165, 1.54) is 17.0 Å². The average molecular weight is 792 g/mol. The second-order valence-corrected chi connectivity index (χ2v) is 15.5. The Morgan fingerprint density at radius 2 is 1.46 bits per heavy atom. The van der Waals surface area contributed by atoms with Crippen molar-refractivity contribution >= 4 is 35.7 Å². The molecule has 2 fully saturated rings. The lowest BCUT2D eigenvalue weighted by atomic mass is 9.99. The van der Waals surface area contributed by atoms with Crippen molar-refractivity contribution in [2.75, 3.05) is 52.6 Å². The molecule has 292 valence electrons. The first-order chi connectivity index (χ1) is 25.8. The maximum Gasteiger partial charge on any atom is 0.416 e. The quantitative estimate of drug-likeness (QED) is 0.195. The number of benzene rings is 2. The fraction of sp³-hybridized carbons (Fsp3) is 0.529. The minimum Gasteiger partial charge on any atom is -0.465 e. The number of nitrogens with zero attached hydrogens (tertiary/aromatic N) is 11. The molecule has 0 unspecified atom stereocenters. The van der Waals surface area contributed by atoms with Gasteiger partial charge in [-0.05, 0) is 108 Å². The number of carboxylic acid groups (broad SMARTS) is 1. The fourth-order valence-corrected chi connectivity index (χ4v) is 7.85. The van der Waals surface area contributed by atoms with Gasteiger partial charge in [0, 0.05) is 50.8 Å². The topological polar surface area (TPSA) is 161 Å². The number of alkyl halides is 3. The Kier molecular flexibility index (Phi) is 14.5. The van der Waals surface area contributed by atoms with Gasteiger partial charge < -0.3 is 24.5 Å². The van der Waals surface area contributed by atoms with Crippen LogP contribution in [0.4, 0.5) is 22.8 Å². The Morgan fingerprint density at radius 1 is 0.870 bits per heavy atom. The molecule has 0 aliphatic carbocycles. The maximum absolute atomic E-state index is 12.7. The van der Waals surface area contributed by atoms with Crippen LogP contribution in [0.1, 0.15) is 42.4 Å². The highest BCUT2D eigenvalue weighted by atomic mass is 32.2. The SMILES string of the molecule is CN(C)CCn1nnnc1SC1CCN(C(=O)O)CC1.Cn1nnnc1SCC1CCN(C(=O)Oc2ccc(Cc3ccc(C(F)(F)F)cc3)cc2)CC1. The second-order valence-electron chi connectivity index (χ2n) is 13.3. The van der Waals surface area contributed by atoms with Gasteiger partial charge in [-0.2, -0.15) is 13.2 Å². The van der Waals surface area contributed by atoms with E-state index in [4.69, 9.17) is 9.84 Å². The zero-order chi connectivity index (χ0) is 38.7. The molecular weight excluding hydrogens is 748 g/mol. The van der Waals surface area contributed by atoms with Gasteiger partial charge in [0.2, 0.25) is 10.3 Å². The molecule has 0 spiro atoms. The highest BCUT2D eigenvalue weighted by Gasteiger charge is 2.30. The molecule has 15 nitrogen and oxygen atoms in total. The van der Waals surface area contributed by atoms with E-state index in [-0.39, 0.29) is 6.09 Å². The molecule has 2 aromatic heterocycles.